The third-order valence-corrected chi connectivity index (χ3v) is 5.29. The van der Waals surface area contributed by atoms with Crippen molar-refractivity contribution < 1.29 is 19.8 Å². The van der Waals surface area contributed by atoms with Gasteiger partial charge in [-0.3, -0.25) is 0 Å². The molecule has 0 aromatic carbocycles. The average molecular weight is 658 g/mol. The summed E-state index contributed by atoms with van der Waals surface area (Å²) < 4.78 is 0. The molecule has 0 unspecified atom stereocenters. The number of hydrogen-bond acceptors (Lipinski definition) is 4. The molecule has 0 bridgehead atoms. The van der Waals surface area contributed by atoms with Crippen LogP contribution in [-0.4, -0.2) is 39.2 Å². The van der Waals surface area contributed by atoms with Gasteiger partial charge in [-0.25, -0.2) is 0 Å². The fraction of sp³-hybridized carbons (Fsp3) is 0.786. The predicted molar refractivity (Wildman–Crippen MR) is 138 cm³/mol. The van der Waals surface area contributed by atoms with E-state index in [1.54, 1.807) is 0 Å². The van der Waals surface area contributed by atoms with Crippen LogP contribution < -0.4 is 10.2 Å². The monoisotopic (exact) mass is 658 g/mol. The molecule has 4 nitrogen and oxygen atoms in total. The van der Waals surface area contributed by atoms with Crippen molar-refractivity contribution in [1.29, 1.82) is 0 Å². The Balaban J connectivity index is -0.000000529. The molecule has 0 rings (SSSR count). The zero-order chi connectivity index (χ0) is 24.1. The molecule has 0 aliphatic heterocycles. The molecule has 0 N–H and O–H groups in total. The Kier molecular flexibility index (Phi) is 37.5. The molecule has 190 valence electrons. The third kappa shape index (κ3) is 42.0. The largest absolute Gasteiger partial charge is 2.00 e. The number of unbranched alkanes of at least 4 members (excludes halogenated alkanes) is 14. The average Bonchev–Trinajstić information content (AvgIpc) is 2.76. The second kappa shape index (κ2) is 33.5. The molecule has 0 aromatic rings. The second-order valence-corrected chi connectivity index (χ2v) is 8.58. The quantitative estimate of drug-likeness (QED) is 0.0808. The Hall–Kier alpha value is -0.658. The van der Waals surface area contributed by atoms with Crippen molar-refractivity contribution in [3.63, 3.8) is 0 Å². The number of carboxylic acids is 2. The van der Waals surface area contributed by atoms with E-state index in [1.165, 1.54) is 77.0 Å². The summed E-state index contributed by atoms with van der Waals surface area (Å²) in [6, 6.07) is 0. The summed E-state index contributed by atoms with van der Waals surface area (Å²) in [7, 11) is 0. The zero-order valence-electron chi connectivity index (χ0n) is 21.6. The molecule has 0 fully saturated rings. The first-order valence-electron chi connectivity index (χ1n) is 13.2. The summed E-state index contributed by atoms with van der Waals surface area (Å²) in [6.07, 6.45) is 30.2. The fourth-order valence-corrected chi connectivity index (χ4v) is 3.24. The van der Waals surface area contributed by atoms with Crippen LogP contribution in [0.3, 0.4) is 0 Å². The van der Waals surface area contributed by atoms with Crippen LogP contribution in [-0.2, 0) is 9.59 Å². The van der Waals surface area contributed by atoms with Gasteiger partial charge in [-0.05, 0) is 64.2 Å². The molecule has 33 heavy (non-hydrogen) atoms. The van der Waals surface area contributed by atoms with Crippen LogP contribution in [0.4, 0.5) is 0 Å². The summed E-state index contributed by atoms with van der Waals surface area (Å²) in [5, 5.41) is 20.3. The minimum atomic E-state index is -0.918. The van der Waals surface area contributed by atoms with Gasteiger partial charge in [0.15, 0.2) is 0 Å². The van der Waals surface area contributed by atoms with Crippen molar-refractivity contribution in [2.24, 2.45) is 0 Å². The Morgan fingerprint density at radius 1 is 0.485 bits per heavy atom. The van der Waals surface area contributed by atoms with Crippen LogP contribution in [0.1, 0.15) is 142 Å². The molecular formula is C28H50O4Pb. The second-order valence-electron chi connectivity index (χ2n) is 8.58. The predicted octanol–water partition coefficient (Wildman–Crippen LogP) is 6.05. The van der Waals surface area contributed by atoms with Gasteiger partial charge < -0.3 is 19.8 Å². The Bertz CT molecular complexity index is 419. The van der Waals surface area contributed by atoms with Gasteiger partial charge in [-0.1, -0.05) is 102 Å². The number of carbonyl (C=O) groups is 2. The first kappa shape index (κ1) is 36.9. The zero-order valence-corrected chi connectivity index (χ0v) is 25.5. The van der Waals surface area contributed by atoms with Crippen molar-refractivity contribution in [3.05, 3.63) is 24.3 Å². The number of carbonyl (C=O) groups excluding carboxylic acids is 2. The van der Waals surface area contributed by atoms with Crippen molar-refractivity contribution in [1.82, 2.24) is 0 Å². The molecule has 0 spiro atoms. The van der Waals surface area contributed by atoms with Crippen molar-refractivity contribution in [3.8, 4) is 0 Å². The SMILES string of the molecule is CCCC/C=C\CCCCCCCC(=O)[O-].CCCC/C=C\CCCCCCCC(=O)[O-].[Pb+2]. The molecule has 0 saturated heterocycles. The minimum Gasteiger partial charge on any atom is -0.550 e. The smallest absolute Gasteiger partial charge is 0.550 e. The van der Waals surface area contributed by atoms with E-state index in [2.05, 4.69) is 38.2 Å². The third-order valence-electron chi connectivity index (χ3n) is 5.29. The van der Waals surface area contributed by atoms with Crippen molar-refractivity contribution in [2.75, 3.05) is 0 Å². The van der Waals surface area contributed by atoms with Crippen LogP contribution in [0, 0.1) is 0 Å². The van der Waals surface area contributed by atoms with E-state index in [-0.39, 0.29) is 40.1 Å². The summed E-state index contributed by atoms with van der Waals surface area (Å²) in [4.78, 5) is 20.3. The van der Waals surface area contributed by atoms with E-state index in [9.17, 15) is 19.8 Å². The first-order chi connectivity index (χ1) is 15.5. The molecule has 0 aliphatic rings. The fourth-order valence-electron chi connectivity index (χ4n) is 3.24. The van der Waals surface area contributed by atoms with E-state index >= 15 is 0 Å². The first-order valence-corrected chi connectivity index (χ1v) is 13.2. The van der Waals surface area contributed by atoms with E-state index < -0.39 is 11.9 Å². The van der Waals surface area contributed by atoms with Crippen LogP contribution in [0.25, 0.3) is 0 Å². The number of carboxylic acid groups (broad SMARTS) is 2. The van der Waals surface area contributed by atoms with Crippen molar-refractivity contribution >= 4 is 39.2 Å². The van der Waals surface area contributed by atoms with E-state index in [0.29, 0.717) is 0 Å². The van der Waals surface area contributed by atoms with Gasteiger partial charge in [-0.15, -0.1) is 0 Å². The number of hydrogen-bond donors (Lipinski definition) is 0. The number of aliphatic carboxylic acids is 2. The number of allylic oxidation sites excluding steroid dienone is 4. The van der Waals surface area contributed by atoms with E-state index in [0.717, 1.165) is 38.5 Å². The van der Waals surface area contributed by atoms with Crippen LogP contribution in [0.2, 0.25) is 0 Å². The molecular weight excluding hydrogens is 608 g/mol. The standard InChI is InChI=1S/2C14H26O2.Pb/c2*1-2-3-4-5-6-7-8-9-10-11-12-13-14(15)16;/h2*5-6H,2-4,7-13H2,1H3,(H,15,16);/q;;+2/p-2/b2*6-5-;. The topological polar surface area (TPSA) is 80.3 Å². The maximum Gasteiger partial charge on any atom is 2.00 e. The number of rotatable bonds is 22. The van der Waals surface area contributed by atoms with Crippen LogP contribution in [0.5, 0.6) is 0 Å². The molecule has 2 radical (unpaired) electrons. The summed E-state index contributed by atoms with van der Waals surface area (Å²) in [6.45, 7) is 4.42. The molecule has 0 heterocycles. The molecule has 0 saturated carbocycles. The van der Waals surface area contributed by atoms with Crippen molar-refractivity contribution in [2.45, 2.75) is 142 Å². The summed E-state index contributed by atoms with van der Waals surface area (Å²) >= 11 is 0. The van der Waals surface area contributed by atoms with Crippen LogP contribution >= 0.6 is 0 Å². The van der Waals surface area contributed by atoms with Gasteiger partial charge in [0.25, 0.3) is 0 Å². The Labute approximate surface area is 224 Å². The van der Waals surface area contributed by atoms with E-state index in [4.69, 9.17) is 0 Å². The van der Waals surface area contributed by atoms with Gasteiger partial charge in [-0.2, -0.15) is 0 Å². The van der Waals surface area contributed by atoms with Gasteiger partial charge in [0.2, 0.25) is 0 Å². The summed E-state index contributed by atoms with van der Waals surface area (Å²) in [5.41, 5.74) is 0. The normalized spacial score (nSPS) is 10.7. The maximum absolute atomic E-state index is 10.1. The van der Waals surface area contributed by atoms with Crippen LogP contribution in [0.15, 0.2) is 24.3 Å². The van der Waals surface area contributed by atoms with Gasteiger partial charge in [0, 0.05) is 11.9 Å². The Morgan fingerprint density at radius 2 is 0.758 bits per heavy atom. The van der Waals surface area contributed by atoms with Gasteiger partial charge >= 0.3 is 27.3 Å². The molecule has 0 atom stereocenters. The minimum absolute atomic E-state index is 0. The Morgan fingerprint density at radius 3 is 1.06 bits per heavy atom. The van der Waals surface area contributed by atoms with Gasteiger partial charge in [0.05, 0.1) is 0 Å². The molecule has 0 aromatic heterocycles. The molecule has 0 aliphatic carbocycles. The summed E-state index contributed by atoms with van der Waals surface area (Å²) in [5.74, 6) is -1.84. The maximum atomic E-state index is 10.1. The van der Waals surface area contributed by atoms with Gasteiger partial charge in [0.1, 0.15) is 0 Å². The molecule has 0 amide bonds. The van der Waals surface area contributed by atoms with E-state index in [1.807, 2.05) is 0 Å². The molecule has 5 heteroatoms.